The summed E-state index contributed by atoms with van der Waals surface area (Å²) in [7, 11) is 1.40. The molecule has 19 heavy (non-hydrogen) atoms. The van der Waals surface area contributed by atoms with Gasteiger partial charge in [-0.05, 0) is 36.6 Å². The first-order valence-electron chi connectivity index (χ1n) is 6.75. The number of carbonyl (C=O) groups excluding carboxylic acids is 1. The van der Waals surface area contributed by atoms with E-state index in [2.05, 4.69) is 16.6 Å². The number of hydrogen-bond donors (Lipinski definition) is 1. The number of hydrogen-bond acceptors (Lipinski definition) is 4. The Morgan fingerprint density at radius 2 is 2.11 bits per heavy atom. The molecule has 1 aliphatic heterocycles. The van der Waals surface area contributed by atoms with Crippen LogP contribution in [0.25, 0.3) is 0 Å². The van der Waals surface area contributed by atoms with E-state index < -0.39 is 0 Å². The van der Waals surface area contributed by atoms with Crippen molar-refractivity contribution >= 4 is 5.97 Å². The summed E-state index contributed by atoms with van der Waals surface area (Å²) in [5, 5.41) is 0. The van der Waals surface area contributed by atoms with Gasteiger partial charge in [0.2, 0.25) is 0 Å². The molecule has 1 aromatic carbocycles. The van der Waals surface area contributed by atoms with Gasteiger partial charge in [0.05, 0.1) is 12.7 Å². The molecule has 2 unspecified atom stereocenters. The third kappa shape index (κ3) is 3.55. The molecule has 0 amide bonds. The molecule has 2 N–H and O–H groups in total. The maximum Gasteiger partial charge on any atom is 0.337 e. The van der Waals surface area contributed by atoms with Gasteiger partial charge < -0.3 is 10.5 Å². The van der Waals surface area contributed by atoms with Crippen molar-refractivity contribution in [2.24, 2.45) is 11.7 Å². The van der Waals surface area contributed by atoms with Gasteiger partial charge in [-0.15, -0.1) is 0 Å². The van der Waals surface area contributed by atoms with Gasteiger partial charge in [0.25, 0.3) is 0 Å². The van der Waals surface area contributed by atoms with Gasteiger partial charge >= 0.3 is 5.97 Å². The fourth-order valence-electron chi connectivity index (χ4n) is 2.44. The number of nitrogens with two attached hydrogens (primary N) is 1. The Labute approximate surface area is 114 Å². The van der Waals surface area contributed by atoms with Crippen molar-refractivity contribution < 1.29 is 9.53 Å². The number of carbonyl (C=O) groups is 1. The SMILES string of the molecule is COC(=O)c1ccc(CN2CCC(C)C(N)C2)cc1. The molecular weight excluding hydrogens is 240 g/mol. The van der Waals surface area contributed by atoms with Gasteiger partial charge in [0.1, 0.15) is 0 Å². The molecule has 1 heterocycles. The topological polar surface area (TPSA) is 55.6 Å². The van der Waals surface area contributed by atoms with Crippen molar-refractivity contribution in [3.8, 4) is 0 Å². The van der Waals surface area contributed by atoms with Crippen LogP contribution >= 0.6 is 0 Å². The number of likely N-dealkylation sites (tertiary alicyclic amines) is 1. The quantitative estimate of drug-likeness (QED) is 0.841. The molecule has 0 spiro atoms. The van der Waals surface area contributed by atoms with Gasteiger partial charge in [0, 0.05) is 19.1 Å². The van der Waals surface area contributed by atoms with Crippen molar-refractivity contribution in [1.82, 2.24) is 4.90 Å². The van der Waals surface area contributed by atoms with Crippen LogP contribution in [0.5, 0.6) is 0 Å². The zero-order valence-electron chi connectivity index (χ0n) is 11.6. The number of rotatable bonds is 3. The number of benzene rings is 1. The molecular formula is C15H22N2O2. The maximum absolute atomic E-state index is 11.3. The molecule has 1 saturated heterocycles. The van der Waals surface area contributed by atoms with Gasteiger partial charge in [-0.25, -0.2) is 4.79 Å². The van der Waals surface area contributed by atoms with Crippen molar-refractivity contribution in [2.75, 3.05) is 20.2 Å². The van der Waals surface area contributed by atoms with E-state index in [0.717, 1.165) is 26.1 Å². The Balaban J connectivity index is 1.94. The second-order valence-electron chi connectivity index (χ2n) is 5.35. The molecule has 4 nitrogen and oxygen atoms in total. The molecule has 2 atom stereocenters. The Hall–Kier alpha value is -1.39. The van der Waals surface area contributed by atoms with Crippen LogP contribution in [0.3, 0.4) is 0 Å². The molecule has 0 radical (unpaired) electrons. The Morgan fingerprint density at radius 3 is 2.68 bits per heavy atom. The summed E-state index contributed by atoms with van der Waals surface area (Å²) in [5.74, 6) is 0.318. The highest BCUT2D eigenvalue weighted by molar-refractivity contribution is 5.89. The van der Waals surface area contributed by atoms with Gasteiger partial charge in [-0.3, -0.25) is 4.90 Å². The van der Waals surface area contributed by atoms with Crippen LogP contribution in [0.2, 0.25) is 0 Å². The van der Waals surface area contributed by atoms with Crippen LogP contribution < -0.4 is 5.73 Å². The van der Waals surface area contributed by atoms with Gasteiger partial charge in [0.15, 0.2) is 0 Å². The van der Waals surface area contributed by atoms with E-state index in [9.17, 15) is 4.79 Å². The summed E-state index contributed by atoms with van der Waals surface area (Å²) in [6.07, 6.45) is 1.15. The lowest BCUT2D eigenvalue weighted by molar-refractivity contribution is 0.0600. The minimum Gasteiger partial charge on any atom is -0.465 e. The molecule has 1 aliphatic rings. The van der Waals surface area contributed by atoms with Crippen molar-refractivity contribution in [3.63, 3.8) is 0 Å². The highest BCUT2D eigenvalue weighted by Crippen LogP contribution is 2.18. The highest BCUT2D eigenvalue weighted by atomic mass is 16.5. The number of piperidine rings is 1. The average Bonchev–Trinajstić information content (AvgIpc) is 2.43. The standard InChI is InChI=1S/C15H22N2O2/c1-11-7-8-17(10-14(11)16)9-12-3-5-13(6-4-12)15(18)19-2/h3-6,11,14H,7-10,16H2,1-2H3. The van der Waals surface area contributed by atoms with E-state index in [-0.39, 0.29) is 12.0 Å². The second-order valence-corrected chi connectivity index (χ2v) is 5.35. The monoisotopic (exact) mass is 262 g/mol. The zero-order valence-corrected chi connectivity index (χ0v) is 11.6. The third-order valence-corrected chi connectivity index (χ3v) is 3.88. The molecule has 1 aromatic rings. The molecule has 0 aromatic heterocycles. The summed E-state index contributed by atoms with van der Waals surface area (Å²) in [4.78, 5) is 13.7. The van der Waals surface area contributed by atoms with Gasteiger partial charge in [-0.2, -0.15) is 0 Å². The zero-order chi connectivity index (χ0) is 13.8. The van der Waals surface area contributed by atoms with E-state index in [1.165, 1.54) is 12.7 Å². The van der Waals surface area contributed by atoms with E-state index in [1.807, 2.05) is 24.3 Å². The Morgan fingerprint density at radius 1 is 1.42 bits per heavy atom. The van der Waals surface area contributed by atoms with E-state index in [1.54, 1.807) is 0 Å². The van der Waals surface area contributed by atoms with E-state index in [4.69, 9.17) is 5.73 Å². The van der Waals surface area contributed by atoms with E-state index >= 15 is 0 Å². The van der Waals surface area contributed by atoms with Crippen LogP contribution in [0, 0.1) is 5.92 Å². The lowest BCUT2D eigenvalue weighted by atomic mass is 9.94. The molecule has 0 saturated carbocycles. The predicted octanol–water partition coefficient (Wildman–Crippen LogP) is 1.64. The lowest BCUT2D eigenvalue weighted by Gasteiger charge is -2.35. The first kappa shape index (κ1) is 14.0. The van der Waals surface area contributed by atoms with Crippen LogP contribution in [-0.4, -0.2) is 37.1 Å². The van der Waals surface area contributed by atoms with Crippen LogP contribution in [0.1, 0.15) is 29.3 Å². The largest absolute Gasteiger partial charge is 0.465 e. The lowest BCUT2D eigenvalue weighted by Crippen LogP contribution is -2.47. The highest BCUT2D eigenvalue weighted by Gasteiger charge is 2.22. The van der Waals surface area contributed by atoms with Crippen molar-refractivity contribution in [1.29, 1.82) is 0 Å². The van der Waals surface area contributed by atoms with E-state index in [0.29, 0.717) is 11.5 Å². The van der Waals surface area contributed by atoms with Crippen LogP contribution in [0.4, 0.5) is 0 Å². The molecule has 1 fully saturated rings. The normalized spacial score (nSPS) is 24.2. The number of nitrogens with zero attached hydrogens (tertiary/aromatic N) is 1. The number of methoxy groups -OCH3 is 1. The summed E-state index contributed by atoms with van der Waals surface area (Å²) in [5.41, 5.74) is 7.90. The number of ether oxygens (including phenoxy) is 1. The second kappa shape index (κ2) is 6.17. The maximum atomic E-state index is 11.3. The minimum absolute atomic E-state index is 0.267. The molecule has 4 heteroatoms. The van der Waals surface area contributed by atoms with Crippen molar-refractivity contribution in [3.05, 3.63) is 35.4 Å². The van der Waals surface area contributed by atoms with Crippen LogP contribution in [0.15, 0.2) is 24.3 Å². The Bertz CT molecular complexity index is 430. The smallest absolute Gasteiger partial charge is 0.337 e. The summed E-state index contributed by atoms with van der Waals surface area (Å²) < 4.78 is 4.69. The predicted molar refractivity (Wildman–Crippen MR) is 74.8 cm³/mol. The first-order chi connectivity index (χ1) is 9.10. The third-order valence-electron chi connectivity index (χ3n) is 3.88. The molecule has 0 aliphatic carbocycles. The number of esters is 1. The fraction of sp³-hybridized carbons (Fsp3) is 0.533. The molecule has 2 rings (SSSR count). The minimum atomic E-state index is -0.291. The molecule has 104 valence electrons. The Kier molecular flexibility index (Phi) is 4.56. The van der Waals surface area contributed by atoms with Crippen LogP contribution in [-0.2, 0) is 11.3 Å². The summed E-state index contributed by atoms with van der Waals surface area (Å²) in [6.45, 7) is 5.14. The average molecular weight is 262 g/mol. The van der Waals surface area contributed by atoms with Gasteiger partial charge in [-0.1, -0.05) is 19.1 Å². The summed E-state index contributed by atoms with van der Waals surface area (Å²) in [6, 6.07) is 7.86. The first-order valence-corrected chi connectivity index (χ1v) is 6.75. The fourth-order valence-corrected chi connectivity index (χ4v) is 2.44. The van der Waals surface area contributed by atoms with Crippen molar-refractivity contribution in [2.45, 2.75) is 25.9 Å². The summed E-state index contributed by atoms with van der Waals surface area (Å²) >= 11 is 0. The molecule has 0 bridgehead atoms.